The summed E-state index contributed by atoms with van der Waals surface area (Å²) < 4.78 is 33.7. The van der Waals surface area contributed by atoms with E-state index in [1.54, 1.807) is 6.92 Å². The van der Waals surface area contributed by atoms with Crippen molar-refractivity contribution in [2.24, 2.45) is 5.14 Å². The number of ether oxygens (including phenoxy) is 2. The van der Waals surface area contributed by atoms with Gasteiger partial charge in [0.2, 0.25) is 10.0 Å². The summed E-state index contributed by atoms with van der Waals surface area (Å²) in [5.41, 5.74) is 3.18. The molecule has 0 heterocycles. The van der Waals surface area contributed by atoms with Crippen molar-refractivity contribution in [1.82, 2.24) is 0 Å². The number of esters is 1. The third-order valence-electron chi connectivity index (χ3n) is 4.21. The highest BCUT2D eigenvalue weighted by Gasteiger charge is 2.16. The first-order valence-corrected chi connectivity index (χ1v) is 10.2. The third kappa shape index (κ3) is 5.55. The molecular weight excluding hydrogens is 366 g/mol. The van der Waals surface area contributed by atoms with E-state index in [-0.39, 0.29) is 23.7 Å². The van der Waals surface area contributed by atoms with E-state index in [0.29, 0.717) is 17.2 Å². The number of sulfonamides is 1. The van der Waals surface area contributed by atoms with Crippen LogP contribution >= 0.6 is 0 Å². The lowest BCUT2D eigenvalue weighted by molar-refractivity contribution is 0.0449. The second kappa shape index (κ2) is 8.54. The predicted molar refractivity (Wildman–Crippen MR) is 104 cm³/mol. The average Bonchev–Trinajstić information content (AvgIpc) is 2.57. The summed E-state index contributed by atoms with van der Waals surface area (Å²) in [5.74, 6) is 0.532. The molecule has 2 rings (SSSR count). The molecule has 0 spiro atoms. The van der Waals surface area contributed by atoms with Crippen LogP contribution in [0, 0.1) is 13.8 Å². The van der Waals surface area contributed by atoms with Crippen LogP contribution < -0.4 is 9.88 Å². The highest BCUT2D eigenvalue weighted by molar-refractivity contribution is 7.89. The second-order valence-corrected chi connectivity index (χ2v) is 8.24. The van der Waals surface area contributed by atoms with Gasteiger partial charge in [-0.05, 0) is 60.7 Å². The molecule has 0 aliphatic heterocycles. The Morgan fingerprint density at radius 1 is 1.04 bits per heavy atom. The zero-order chi connectivity index (χ0) is 20.2. The van der Waals surface area contributed by atoms with Crippen LogP contribution in [0.1, 0.15) is 46.8 Å². The van der Waals surface area contributed by atoms with E-state index in [2.05, 4.69) is 13.8 Å². The smallest absolute Gasteiger partial charge is 0.338 e. The van der Waals surface area contributed by atoms with E-state index in [1.807, 2.05) is 25.1 Å². The second-order valence-electron chi connectivity index (χ2n) is 6.68. The molecule has 0 saturated heterocycles. The van der Waals surface area contributed by atoms with Gasteiger partial charge in [0, 0.05) is 0 Å². The van der Waals surface area contributed by atoms with Crippen molar-refractivity contribution in [3.8, 4) is 5.75 Å². The molecule has 2 aromatic carbocycles. The molecule has 0 radical (unpaired) electrons. The molecule has 2 N–H and O–H groups in total. The van der Waals surface area contributed by atoms with Gasteiger partial charge in [0.25, 0.3) is 0 Å². The maximum Gasteiger partial charge on any atom is 0.338 e. The average molecular weight is 391 g/mol. The van der Waals surface area contributed by atoms with Gasteiger partial charge in [-0.2, -0.15) is 0 Å². The molecular formula is C20H25NO5S. The number of aryl methyl sites for hydroxylation is 2. The number of nitrogens with two attached hydrogens (primary N) is 1. The van der Waals surface area contributed by atoms with Gasteiger partial charge in [-0.3, -0.25) is 0 Å². The lowest BCUT2D eigenvalue weighted by Gasteiger charge is -2.13. The normalized spacial score (nSPS) is 11.5. The van der Waals surface area contributed by atoms with Crippen LogP contribution in [-0.4, -0.2) is 27.6 Å². The van der Waals surface area contributed by atoms with Crippen molar-refractivity contribution in [3.05, 3.63) is 58.7 Å². The van der Waals surface area contributed by atoms with Gasteiger partial charge in [-0.15, -0.1) is 0 Å². The van der Waals surface area contributed by atoms with Gasteiger partial charge in [-0.1, -0.05) is 26.0 Å². The van der Waals surface area contributed by atoms with Crippen LogP contribution in [0.25, 0.3) is 0 Å². The van der Waals surface area contributed by atoms with Crippen molar-refractivity contribution in [2.75, 3.05) is 13.2 Å². The maximum absolute atomic E-state index is 12.2. The monoisotopic (exact) mass is 391 g/mol. The maximum atomic E-state index is 12.2. The van der Waals surface area contributed by atoms with Crippen LogP contribution in [0.2, 0.25) is 0 Å². The minimum absolute atomic E-state index is 0.0445. The van der Waals surface area contributed by atoms with Crippen molar-refractivity contribution in [1.29, 1.82) is 0 Å². The molecule has 0 bridgehead atoms. The topological polar surface area (TPSA) is 95.7 Å². The first-order chi connectivity index (χ1) is 12.6. The zero-order valence-electron chi connectivity index (χ0n) is 16.0. The summed E-state index contributed by atoms with van der Waals surface area (Å²) in [5, 5.41) is 5.10. The molecule has 146 valence electrons. The molecule has 0 aliphatic rings. The van der Waals surface area contributed by atoms with Gasteiger partial charge in [0.1, 0.15) is 19.0 Å². The summed E-state index contributed by atoms with van der Waals surface area (Å²) >= 11 is 0. The highest BCUT2D eigenvalue weighted by atomic mass is 32.2. The van der Waals surface area contributed by atoms with Crippen LogP contribution in [0.15, 0.2) is 41.3 Å². The third-order valence-corrected chi connectivity index (χ3v) is 5.12. The predicted octanol–water partition coefficient (Wildman–Crippen LogP) is 3.31. The molecule has 7 heteroatoms. The molecule has 6 nitrogen and oxygen atoms in total. The summed E-state index contributed by atoms with van der Waals surface area (Å²) in [6.07, 6.45) is 0. The van der Waals surface area contributed by atoms with Gasteiger partial charge in [0.15, 0.2) is 0 Å². The summed E-state index contributed by atoms with van der Waals surface area (Å²) in [7, 11) is -3.88. The summed E-state index contributed by atoms with van der Waals surface area (Å²) in [6, 6.07) is 9.98. The Labute approximate surface area is 160 Å². The largest absolute Gasteiger partial charge is 0.490 e. The van der Waals surface area contributed by atoms with Crippen LogP contribution in [0.3, 0.4) is 0 Å². The fraction of sp³-hybridized carbons (Fsp3) is 0.350. The van der Waals surface area contributed by atoms with Gasteiger partial charge >= 0.3 is 5.97 Å². The standard InChI is InChI=1S/C20H25NO5S/c1-13(2)18-8-6-16(11-15(18)4)25-9-10-26-20(22)19-12-17(27(21,23)24)7-5-14(19)3/h5-8,11-13H,9-10H2,1-4H3,(H2,21,23,24). The van der Waals surface area contributed by atoms with Crippen molar-refractivity contribution in [3.63, 3.8) is 0 Å². The Morgan fingerprint density at radius 2 is 1.74 bits per heavy atom. The molecule has 0 unspecified atom stereocenters. The Kier molecular flexibility index (Phi) is 6.62. The number of carbonyl (C=O) groups excluding carboxylic acids is 1. The SMILES string of the molecule is Cc1ccc(S(N)(=O)=O)cc1C(=O)OCCOc1ccc(C(C)C)c(C)c1. The van der Waals surface area contributed by atoms with Gasteiger partial charge < -0.3 is 9.47 Å². The number of hydrogen-bond acceptors (Lipinski definition) is 5. The number of hydrogen-bond donors (Lipinski definition) is 1. The van der Waals surface area contributed by atoms with Crippen molar-refractivity contribution < 1.29 is 22.7 Å². The molecule has 0 atom stereocenters. The van der Waals surface area contributed by atoms with Crippen LogP contribution in [0.5, 0.6) is 5.75 Å². The van der Waals surface area contributed by atoms with Crippen LogP contribution in [0.4, 0.5) is 0 Å². The van der Waals surface area contributed by atoms with Gasteiger partial charge in [0.05, 0.1) is 10.5 Å². The quantitative estimate of drug-likeness (QED) is 0.577. The lowest BCUT2D eigenvalue weighted by Crippen LogP contribution is -2.16. The number of carbonyl (C=O) groups is 1. The molecule has 0 aliphatic carbocycles. The molecule has 27 heavy (non-hydrogen) atoms. The van der Waals surface area contributed by atoms with Crippen LogP contribution in [-0.2, 0) is 14.8 Å². The molecule has 0 aromatic heterocycles. The first-order valence-electron chi connectivity index (χ1n) is 8.63. The first kappa shape index (κ1) is 20.9. The molecule has 0 amide bonds. The minimum atomic E-state index is -3.88. The summed E-state index contributed by atoms with van der Waals surface area (Å²) in [4.78, 5) is 12.1. The van der Waals surface area contributed by atoms with E-state index < -0.39 is 16.0 Å². The van der Waals surface area contributed by atoms with E-state index in [4.69, 9.17) is 14.6 Å². The number of benzene rings is 2. The minimum Gasteiger partial charge on any atom is -0.490 e. The Morgan fingerprint density at radius 3 is 2.33 bits per heavy atom. The fourth-order valence-electron chi connectivity index (χ4n) is 2.76. The molecule has 2 aromatic rings. The Balaban J connectivity index is 1.94. The van der Waals surface area contributed by atoms with E-state index in [9.17, 15) is 13.2 Å². The van der Waals surface area contributed by atoms with Gasteiger partial charge in [-0.25, -0.2) is 18.4 Å². The van der Waals surface area contributed by atoms with Crippen molar-refractivity contribution in [2.45, 2.75) is 38.5 Å². The Hall–Kier alpha value is -2.38. The fourth-order valence-corrected chi connectivity index (χ4v) is 3.30. The molecule has 0 fully saturated rings. The van der Waals surface area contributed by atoms with Crippen molar-refractivity contribution >= 4 is 16.0 Å². The van der Waals surface area contributed by atoms with E-state index in [1.165, 1.54) is 23.8 Å². The van der Waals surface area contributed by atoms with E-state index in [0.717, 1.165) is 5.56 Å². The lowest BCUT2D eigenvalue weighted by atomic mass is 9.98. The number of primary sulfonamides is 1. The molecule has 0 saturated carbocycles. The zero-order valence-corrected chi connectivity index (χ0v) is 16.8. The van der Waals surface area contributed by atoms with E-state index >= 15 is 0 Å². The summed E-state index contributed by atoms with van der Waals surface area (Å²) in [6.45, 7) is 8.23. The Bertz CT molecular complexity index is 935. The highest BCUT2D eigenvalue weighted by Crippen LogP contribution is 2.23. The number of rotatable bonds is 7.